The van der Waals surface area contributed by atoms with Crippen LogP contribution in [0.5, 0.6) is 17.2 Å². The summed E-state index contributed by atoms with van der Waals surface area (Å²) in [6.07, 6.45) is -0.0780. The number of Topliss-reactive ketones (excluding diaryl/α,β-unsaturated/α-hetero) is 1. The van der Waals surface area contributed by atoms with Gasteiger partial charge in [0.05, 0.1) is 43.5 Å². The van der Waals surface area contributed by atoms with Crippen LogP contribution in [0.4, 0.5) is 0 Å². The zero-order valence-electron chi connectivity index (χ0n) is 21.0. The minimum Gasteiger partial charge on any atom is -0.507 e. The van der Waals surface area contributed by atoms with Gasteiger partial charge < -0.3 is 24.2 Å². The first kappa shape index (κ1) is 26.1. The minimum atomic E-state index is -0.900. The second-order valence-electron chi connectivity index (χ2n) is 8.82. The van der Waals surface area contributed by atoms with Crippen molar-refractivity contribution in [3.05, 3.63) is 94.0 Å². The number of likely N-dealkylation sites (tertiary alicyclic amines) is 1. The molecule has 4 rings (SSSR count). The summed E-state index contributed by atoms with van der Waals surface area (Å²) in [6, 6.07) is 18.2. The van der Waals surface area contributed by atoms with Crippen LogP contribution >= 0.6 is 11.6 Å². The van der Waals surface area contributed by atoms with Crippen molar-refractivity contribution >= 4 is 29.1 Å². The van der Waals surface area contributed by atoms with Crippen LogP contribution in [0.3, 0.4) is 0 Å². The third-order valence-electron chi connectivity index (χ3n) is 6.05. The van der Waals surface area contributed by atoms with Gasteiger partial charge in [0, 0.05) is 11.1 Å². The smallest absolute Gasteiger partial charge is 0.295 e. The lowest BCUT2D eigenvalue weighted by Gasteiger charge is -2.26. The highest BCUT2D eigenvalue weighted by atomic mass is 35.5. The molecule has 8 heteroatoms. The predicted octanol–water partition coefficient (Wildman–Crippen LogP) is 5.77. The molecule has 1 fully saturated rings. The molecular formula is C29H28ClNO6. The number of aliphatic hydroxyl groups is 1. The quantitative estimate of drug-likeness (QED) is 0.230. The van der Waals surface area contributed by atoms with Crippen molar-refractivity contribution in [3.63, 3.8) is 0 Å². The van der Waals surface area contributed by atoms with Gasteiger partial charge in [-0.1, -0.05) is 41.9 Å². The number of halogens is 1. The highest BCUT2D eigenvalue weighted by molar-refractivity contribution is 6.47. The molecule has 0 spiro atoms. The molecule has 0 radical (unpaired) electrons. The number of hydrogen-bond donors (Lipinski definition) is 1. The number of aliphatic hydroxyl groups excluding tert-OH is 1. The van der Waals surface area contributed by atoms with E-state index < -0.39 is 17.7 Å². The van der Waals surface area contributed by atoms with Gasteiger partial charge in [0.2, 0.25) is 0 Å². The summed E-state index contributed by atoms with van der Waals surface area (Å²) < 4.78 is 16.6. The first-order valence-electron chi connectivity index (χ1n) is 11.8. The molecule has 1 aliphatic heterocycles. The molecule has 1 amide bonds. The van der Waals surface area contributed by atoms with E-state index in [2.05, 4.69) is 0 Å². The Morgan fingerprint density at radius 2 is 1.73 bits per heavy atom. The normalized spacial score (nSPS) is 16.8. The number of ether oxygens (including phenoxy) is 3. The summed E-state index contributed by atoms with van der Waals surface area (Å²) in [4.78, 5) is 28.3. The topological polar surface area (TPSA) is 85.3 Å². The maximum Gasteiger partial charge on any atom is 0.295 e. The molecule has 7 nitrogen and oxygen atoms in total. The van der Waals surface area contributed by atoms with E-state index in [0.29, 0.717) is 28.4 Å². The number of para-hydroxylation sites is 1. The zero-order chi connectivity index (χ0) is 26.7. The van der Waals surface area contributed by atoms with E-state index in [1.54, 1.807) is 49.6 Å². The molecule has 3 aromatic rings. The summed E-state index contributed by atoms with van der Waals surface area (Å²) in [6.45, 7) is 3.90. The van der Waals surface area contributed by atoms with Crippen LogP contribution in [0, 0.1) is 0 Å². The van der Waals surface area contributed by atoms with Crippen molar-refractivity contribution < 1.29 is 28.9 Å². The van der Waals surface area contributed by atoms with Crippen molar-refractivity contribution in [2.24, 2.45) is 0 Å². The number of carbonyl (C=O) groups excluding carboxylic acids is 2. The number of amides is 1. The molecular weight excluding hydrogens is 494 g/mol. The third-order valence-corrected chi connectivity index (χ3v) is 6.38. The third kappa shape index (κ3) is 5.27. The highest BCUT2D eigenvalue weighted by Gasteiger charge is 2.46. The fourth-order valence-corrected chi connectivity index (χ4v) is 4.60. The van der Waals surface area contributed by atoms with Crippen molar-refractivity contribution in [1.82, 2.24) is 4.90 Å². The van der Waals surface area contributed by atoms with E-state index in [1.165, 1.54) is 18.1 Å². The Labute approximate surface area is 220 Å². The summed E-state index contributed by atoms with van der Waals surface area (Å²) >= 11 is 6.40. The average molecular weight is 522 g/mol. The van der Waals surface area contributed by atoms with Gasteiger partial charge >= 0.3 is 0 Å². The van der Waals surface area contributed by atoms with Crippen LogP contribution in [-0.4, -0.2) is 42.0 Å². The summed E-state index contributed by atoms with van der Waals surface area (Å²) in [5, 5.41) is 11.6. The van der Waals surface area contributed by atoms with Crippen LogP contribution in [0.15, 0.2) is 72.3 Å². The lowest BCUT2D eigenvalue weighted by Crippen LogP contribution is -2.29. The molecule has 1 heterocycles. The molecule has 1 N–H and O–H groups in total. The van der Waals surface area contributed by atoms with Crippen molar-refractivity contribution in [2.75, 3.05) is 14.2 Å². The monoisotopic (exact) mass is 521 g/mol. The van der Waals surface area contributed by atoms with Gasteiger partial charge in [-0.3, -0.25) is 9.59 Å². The van der Waals surface area contributed by atoms with Crippen LogP contribution in [-0.2, 0) is 16.1 Å². The Morgan fingerprint density at radius 3 is 2.43 bits per heavy atom. The Hall–Kier alpha value is -3.97. The standard InChI is InChI=1S/C29H28ClNO6/c1-17(2)37-21-10-7-9-18(14-21)26-25(27(32)22-15-20(35-3)12-13-23(22)30)28(33)29(34)31(26)16-19-8-5-6-11-24(19)36-4/h5-15,17,26,32H,16H2,1-4H3/b27-25+. The van der Waals surface area contributed by atoms with Gasteiger partial charge in [-0.05, 0) is 55.8 Å². The number of ketones is 1. The summed E-state index contributed by atoms with van der Waals surface area (Å²) in [5.74, 6) is -0.341. The van der Waals surface area contributed by atoms with Gasteiger partial charge in [-0.15, -0.1) is 0 Å². The second-order valence-corrected chi connectivity index (χ2v) is 9.23. The largest absolute Gasteiger partial charge is 0.507 e. The minimum absolute atomic E-state index is 0.0725. The van der Waals surface area contributed by atoms with E-state index in [-0.39, 0.29) is 34.6 Å². The fourth-order valence-electron chi connectivity index (χ4n) is 4.39. The number of nitrogens with zero attached hydrogens (tertiary/aromatic N) is 1. The Bertz CT molecular complexity index is 1370. The Balaban J connectivity index is 1.91. The lowest BCUT2D eigenvalue weighted by molar-refractivity contribution is -0.140. The Kier molecular flexibility index (Phi) is 7.74. The van der Waals surface area contributed by atoms with E-state index in [4.69, 9.17) is 25.8 Å². The van der Waals surface area contributed by atoms with Crippen LogP contribution in [0.25, 0.3) is 5.76 Å². The number of methoxy groups -OCH3 is 2. The highest BCUT2D eigenvalue weighted by Crippen LogP contribution is 2.43. The first-order valence-corrected chi connectivity index (χ1v) is 12.1. The summed E-state index contributed by atoms with van der Waals surface area (Å²) in [5.41, 5.74) is 1.44. The molecule has 0 aliphatic carbocycles. The molecule has 37 heavy (non-hydrogen) atoms. The van der Waals surface area contributed by atoms with E-state index in [9.17, 15) is 14.7 Å². The Morgan fingerprint density at radius 1 is 0.973 bits per heavy atom. The molecule has 192 valence electrons. The predicted molar refractivity (Wildman–Crippen MR) is 141 cm³/mol. The van der Waals surface area contributed by atoms with E-state index in [1.807, 2.05) is 32.0 Å². The number of rotatable bonds is 8. The molecule has 3 aromatic carbocycles. The van der Waals surface area contributed by atoms with Crippen LogP contribution in [0.1, 0.15) is 36.6 Å². The van der Waals surface area contributed by atoms with Gasteiger partial charge in [0.15, 0.2) is 0 Å². The van der Waals surface area contributed by atoms with Crippen molar-refractivity contribution in [3.8, 4) is 17.2 Å². The van der Waals surface area contributed by atoms with Crippen molar-refractivity contribution in [2.45, 2.75) is 32.5 Å². The van der Waals surface area contributed by atoms with Crippen molar-refractivity contribution in [1.29, 1.82) is 0 Å². The maximum atomic E-state index is 13.4. The van der Waals surface area contributed by atoms with Gasteiger partial charge in [-0.2, -0.15) is 0 Å². The maximum absolute atomic E-state index is 13.4. The second kappa shape index (κ2) is 11.0. The summed E-state index contributed by atoms with van der Waals surface area (Å²) in [7, 11) is 3.03. The first-order chi connectivity index (χ1) is 17.7. The number of hydrogen-bond acceptors (Lipinski definition) is 6. The number of carbonyl (C=O) groups is 2. The molecule has 1 unspecified atom stereocenters. The van der Waals surface area contributed by atoms with E-state index in [0.717, 1.165) is 0 Å². The van der Waals surface area contributed by atoms with Gasteiger partial charge in [-0.25, -0.2) is 0 Å². The van der Waals surface area contributed by atoms with Crippen LogP contribution < -0.4 is 14.2 Å². The zero-order valence-corrected chi connectivity index (χ0v) is 21.8. The molecule has 0 saturated carbocycles. The SMILES string of the molecule is COc1ccc(Cl)c(/C(O)=C2\C(=O)C(=O)N(Cc3ccccc3OC)C2c2cccc(OC(C)C)c2)c1. The molecule has 1 atom stereocenters. The fraction of sp³-hybridized carbons (Fsp3) is 0.241. The molecule has 1 aliphatic rings. The van der Waals surface area contributed by atoms with Gasteiger partial charge in [0.25, 0.3) is 11.7 Å². The molecule has 0 aromatic heterocycles. The molecule has 1 saturated heterocycles. The lowest BCUT2D eigenvalue weighted by atomic mass is 9.94. The van der Waals surface area contributed by atoms with Crippen LogP contribution in [0.2, 0.25) is 5.02 Å². The number of benzene rings is 3. The van der Waals surface area contributed by atoms with E-state index >= 15 is 0 Å². The average Bonchev–Trinajstić information content (AvgIpc) is 3.13. The molecule has 0 bridgehead atoms. The van der Waals surface area contributed by atoms with Gasteiger partial charge in [0.1, 0.15) is 23.0 Å².